The van der Waals surface area contributed by atoms with Gasteiger partial charge in [-0.25, -0.2) is 0 Å². The molecule has 0 spiro atoms. The number of hydrogen-bond donors (Lipinski definition) is 1. The van der Waals surface area contributed by atoms with E-state index in [-0.39, 0.29) is 11.3 Å². The van der Waals surface area contributed by atoms with Gasteiger partial charge >= 0.3 is 0 Å². The summed E-state index contributed by atoms with van der Waals surface area (Å²) < 4.78 is 0. The summed E-state index contributed by atoms with van der Waals surface area (Å²) in [5.74, 6) is -1.47. The lowest BCUT2D eigenvalue weighted by Crippen LogP contribution is -2.12. The van der Waals surface area contributed by atoms with Gasteiger partial charge in [-0.15, -0.1) is 0 Å². The maximum Gasteiger partial charge on any atom is 0.296 e. The molecule has 1 aromatic rings. The third-order valence-electron chi connectivity index (χ3n) is 2.23. The van der Waals surface area contributed by atoms with Gasteiger partial charge < -0.3 is 5.32 Å². The van der Waals surface area contributed by atoms with Crippen molar-refractivity contribution in [1.29, 1.82) is 0 Å². The lowest BCUT2D eigenvalue weighted by Gasteiger charge is -2.00. The maximum absolute atomic E-state index is 11.2. The minimum absolute atomic E-state index is 0.0669. The smallest absolute Gasteiger partial charge is 0.296 e. The van der Waals surface area contributed by atoms with Crippen molar-refractivity contribution in [1.82, 2.24) is 0 Å². The van der Waals surface area contributed by atoms with E-state index in [4.69, 9.17) is 0 Å². The monoisotopic (exact) mass is 204 g/mol. The highest BCUT2D eigenvalue weighted by Gasteiger charge is 2.30. The molecular weight excluding hydrogens is 199 g/mol. The number of nitrogens with zero attached hydrogens (tertiary/aromatic N) is 1. The van der Waals surface area contributed by atoms with Crippen molar-refractivity contribution >= 4 is 36.4 Å². The zero-order valence-corrected chi connectivity index (χ0v) is 7.73. The second-order valence-corrected chi connectivity index (χ2v) is 3.22. The number of anilines is 1. The highest BCUT2D eigenvalue weighted by atomic mass is 16.6. The molecule has 1 heterocycles. The van der Waals surface area contributed by atoms with Gasteiger partial charge in [0.25, 0.3) is 17.4 Å². The molecule has 1 N–H and O–H groups in total. The Bertz CT molecular complexity index is 512. The number of hydrogen-bond acceptors (Lipinski definition) is 4. The van der Waals surface area contributed by atoms with Gasteiger partial charge in [0.1, 0.15) is 7.85 Å². The highest BCUT2D eigenvalue weighted by Crippen LogP contribution is 2.25. The molecule has 2 rings (SSSR count). The van der Waals surface area contributed by atoms with E-state index in [1.54, 1.807) is 7.85 Å². The van der Waals surface area contributed by atoms with Crippen LogP contribution in [0.15, 0.2) is 12.1 Å². The first kappa shape index (κ1) is 9.38. The normalized spacial score (nSPS) is 13.6. The number of benzene rings is 1. The summed E-state index contributed by atoms with van der Waals surface area (Å²) in [5.41, 5.74) is 0.665. The fourth-order valence-corrected chi connectivity index (χ4v) is 1.49. The molecule has 0 bridgehead atoms. The van der Waals surface area contributed by atoms with Crippen LogP contribution in [0.2, 0.25) is 0 Å². The van der Waals surface area contributed by atoms with Crippen molar-refractivity contribution in [2.45, 2.75) is 0 Å². The molecule has 1 aliphatic heterocycles. The number of nitro groups is 1. The number of Topliss-reactive ketones (excluding diaryl/α,β-unsaturated/α-hetero) is 1. The van der Waals surface area contributed by atoms with Gasteiger partial charge in [0.05, 0.1) is 16.2 Å². The van der Waals surface area contributed by atoms with Crippen LogP contribution in [0.25, 0.3) is 0 Å². The van der Waals surface area contributed by atoms with Crippen LogP contribution in [0.3, 0.4) is 0 Å². The zero-order chi connectivity index (χ0) is 11.2. The molecule has 1 aliphatic rings. The standard InChI is InChI=1S/C8H5BN2O4/c9-4-2-5-3(1-6(4)11(14)15)7(12)8(13)10-5/h1-2H,9H2,(H,10,12,13). The summed E-state index contributed by atoms with van der Waals surface area (Å²) in [6.45, 7) is 0. The summed E-state index contributed by atoms with van der Waals surface area (Å²) in [6, 6.07) is 2.56. The summed E-state index contributed by atoms with van der Waals surface area (Å²) in [4.78, 5) is 32.3. The second-order valence-electron chi connectivity index (χ2n) is 3.22. The Morgan fingerprint density at radius 3 is 2.60 bits per heavy atom. The molecular formula is C8H5BN2O4. The van der Waals surface area contributed by atoms with Crippen LogP contribution in [0.5, 0.6) is 0 Å². The van der Waals surface area contributed by atoms with E-state index in [0.717, 1.165) is 6.07 Å². The van der Waals surface area contributed by atoms with E-state index < -0.39 is 16.6 Å². The molecule has 0 saturated heterocycles. The average Bonchev–Trinajstić information content (AvgIpc) is 2.41. The molecule has 74 valence electrons. The maximum atomic E-state index is 11.2. The van der Waals surface area contributed by atoms with E-state index in [0.29, 0.717) is 11.2 Å². The number of nitrogens with one attached hydrogen (secondary N) is 1. The van der Waals surface area contributed by atoms with Crippen molar-refractivity contribution in [3.8, 4) is 0 Å². The lowest BCUT2D eigenvalue weighted by molar-refractivity contribution is -0.383. The molecule has 7 heteroatoms. The van der Waals surface area contributed by atoms with Crippen LogP contribution in [0.1, 0.15) is 10.4 Å². The van der Waals surface area contributed by atoms with Crippen LogP contribution in [-0.2, 0) is 4.79 Å². The SMILES string of the molecule is Bc1cc2c(cc1[N+](=O)[O-])C(=O)C(=O)N2. The molecule has 0 fully saturated rings. The Labute approximate surface area is 84.8 Å². The minimum atomic E-state index is -0.745. The van der Waals surface area contributed by atoms with E-state index in [2.05, 4.69) is 5.32 Å². The summed E-state index contributed by atoms with van der Waals surface area (Å²) in [7, 11) is 1.55. The summed E-state index contributed by atoms with van der Waals surface area (Å²) in [6.07, 6.45) is 0. The van der Waals surface area contributed by atoms with Crippen LogP contribution < -0.4 is 10.8 Å². The van der Waals surface area contributed by atoms with Crippen molar-refractivity contribution in [2.24, 2.45) is 0 Å². The third-order valence-corrected chi connectivity index (χ3v) is 2.23. The van der Waals surface area contributed by atoms with E-state index in [1.165, 1.54) is 6.07 Å². The first-order chi connectivity index (χ1) is 7.00. The van der Waals surface area contributed by atoms with E-state index in [9.17, 15) is 19.7 Å². The first-order valence-electron chi connectivity index (χ1n) is 4.15. The topological polar surface area (TPSA) is 89.3 Å². The van der Waals surface area contributed by atoms with Gasteiger partial charge in [-0.3, -0.25) is 19.7 Å². The number of carbonyl (C=O) groups excluding carboxylic acids is 2. The molecule has 0 saturated carbocycles. The zero-order valence-electron chi connectivity index (χ0n) is 7.73. The third kappa shape index (κ3) is 1.28. The lowest BCUT2D eigenvalue weighted by atomic mass is 9.92. The Hall–Kier alpha value is -2.18. The predicted octanol–water partition coefficient (Wildman–Crippen LogP) is -1.01. The Balaban J connectivity index is 2.65. The van der Waals surface area contributed by atoms with Crippen molar-refractivity contribution in [2.75, 3.05) is 5.32 Å². The molecule has 1 amide bonds. The molecule has 0 unspecified atom stereocenters. The number of amides is 1. The van der Waals surface area contributed by atoms with Crippen LogP contribution in [0.4, 0.5) is 11.4 Å². The Kier molecular flexibility index (Phi) is 1.82. The molecule has 0 aliphatic carbocycles. The number of ketones is 1. The van der Waals surface area contributed by atoms with Gasteiger partial charge in [-0.2, -0.15) is 0 Å². The average molecular weight is 204 g/mol. The van der Waals surface area contributed by atoms with Crippen molar-refractivity contribution in [3.63, 3.8) is 0 Å². The van der Waals surface area contributed by atoms with Crippen LogP contribution in [0, 0.1) is 10.1 Å². The van der Waals surface area contributed by atoms with Gasteiger partial charge in [0.2, 0.25) is 0 Å². The minimum Gasteiger partial charge on any atom is -0.318 e. The largest absolute Gasteiger partial charge is 0.318 e. The quantitative estimate of drug-likeness (QED) is 0.274. The van der Waals surface area contributed by atoms with E-state index >= 15 is 0 Å². The van der Waals surface area contributed by atoms with Crippen LogP contribution in [-0.4, -0.2) is 24.5 Å². The number of rotatable bonds is 1. The second kappa shape index (κ2) is 2.91. The van der Waals surface area contributed by atoms with Gasteiger partial charge in [0, 0.05) is 6.07 Å². The van der Waals surface area contributed by atoms with Gasteiger partial charge in [-0.1, -0.05) is 0 Å². The Morgan fingerprint density at radius 1 is 1.33 bits per heavy atom. The molecule has 1 aromatic carbocycles. The Morgan fingerprint density at radius 2 is 2.00 bits per heavy atom. The number of nitro benzene ring substituents is 1. The van der Waals surface area contributed by atoms with Gasteiger partial charge in [-0.05, 0) is 11.5 Å². The number of carbonyl (C=O) groups is 2. The van der Waals surface area contributed by atoms with Crippen LogP contribution >= 0.6 is 0 Å². The van der Waals surface area contributed by atoms with Crippen molar-refractivity contribution < 1.29 is 14.5 Å². The molecule has 0 radical (unpaired) electrons. The fourth-order valence-electron chi connectivity index (χ4n) is 1.49. The fraction of sp³-hybridized carbons (Fsp3) is 0. The van der Waals surface area contributed by atoms with Gasteiger partial charge in [0.15, 0.2) is 0 Å². The summed E-state index contributed by atoms with van der Waals surface area (Å²) in [5, 5.41) is 12.9. The molecule has 0 aromatic heterocycles. The van der Waals surface area contributed by atoms with Crippen molar-refractivity contribution in [3.05, 3.63) is 27.8 Å². The highest BCUT2D eigenvalue weighted by molar-refractivity contribution is 6.52. The first-order valence-corrected chi connectivity index (χ1v) is 4.15. The number of fused-ring (bicyclic) bond motifs is 1. The predicted molar refractivity (Wildman–Crippen MR) is 54.2 cm³/mol. The molecule has 15 heavy (non-hydrogen) atoms. The molecule has 0 atom stereocenters. The summed E-state index contributed by atoms with van der Waals surface area (Å²) >= 11 is 0. The van der Waals surface area contributed by atoms with E-state index in [1.807, 2.05) is 0 Å². The molecule has 6 nitrogen and oxygen atoms in total.